The largest absolute Gasteiger partial charge is 0.357 e. The molecule has 0 fully saturated rings. The van der Waals surface area contributed by atoms with Crippen LogP contribution in [0.5, 0.6) is 0 Å². The molecule has 148 valence electrons. The van der Waals surface area contributed by atoms with Crippen LogP contribution in [-0.2, 0) is 10.2 Å². The molecule has 0 unspecified atom stereocenters. The summed E-state index contributed by atoms with van der Waals surface area (Å²) in [5, 5.41) is 9.77. The quantitative estimate of drug-likeness (QED) is 0.610. The van der Waals surface area contributed by atoms with Gasteiger partial charge in [-0.15, -0.1) is 4.40 Å². The molecule has 28 heavy (non-hydrogen) atoms. The minimum atomic E-state index is -3.79. The van der Waals surface area contributed by atoms with Crippen molar-refractivity contribution in [2.75, 3.05) is 27.7 Å². The van der Waals surface area contributed by atoms with Gasteiger partial charge in [0.25, 0.3) is 0 Å². The number of benzene rings is 2. The van der Waals surface area contributed by atoms with Gasteiger partial charge in [0, 0.05) is 32.1 Å². The van der Waals surface area contributed by atoms with Crippen LogP contribution in [0, 0.1) is 0 Å². The van der Waals surface area contributed by atoms with Gasteiger partial charge in [-0.2, -0.15) is 17.8 Å². The minimum Gasteiger partial charge on any atom is -0.357 e. The first kappa shape index (κ1) is 20.3. The van der Waals surface area contributed by atoms with Crippen molar-refractivity contribution >= 4 is 33.5 Å². The fraction of sp³-hybridized carbons (Fsp3) is 0.263. The molecule has 3 rings (SSSR count). The number of nitrogens with one attached hydrogen (secondary N) is 1. The maximum Gasteiger partial charge on any atom is 0.325 e. The summed E-state index contributed by atoms with van der Waals surface area (Å²) in [5.74, 6) is 0.126. The smallest absolute Gasteiger partial charge is 0.325 e. The van der Waals surface area contributed by atoms with E-state index >= 15 is 0 Å². The molecule has 0 radical (unpaired) electrons. The highest BCUT2D eigenvalue weighted by atomic mass is 35.5. The fourth-order valence-corrected chi connectivity index (χ4v) is 3.57. The lowest BCUT2D eigenvalue weighted by atomic mass is 9.91. The second-order valence-electron chi connectivity index (χ2n) is 6.46. The molecule has 0 amide bonds. The lowest BCUT2D eigenvalue weighted by Crippen LogP contribution is -2.37. The third-order valence-corrected chi connectivity index (χ3v) is 5.97. The van der Waals surface area contributed by atoms with Crippen LogP contribution in [-0.4, -0.2) is 57.1 Å². The number of guanidine groups is 1. The van der Waals surface area contributed by atoms with Gasteiger partial charge in [0.2, 0.25) is 5.96 Å². The Morgan fingerprint density at radius 3 is 2.39 bits per heavy atom. The molecule has 1 aliphatic heterocycles. The number of nitrogens with zero attached hydrogens (tertiary/aromatic N) is 4. The van der Waals surface area contributed by atoms with Gasteiger partial charge in [0.1, 0.15) is 0 Å². The monoisotopic (exact) mass is 419 g/mol. The van der Waals surface area contributed by atoms with Crippen LogP contribution in [0.1, 0.15) is 17.0 Å². The SMILES string of the molecule is CN/C(=N\S(=O)(=O)N(C)C)N1C[C@H](c2ccccc2)C(c2ccc(Cl)cc2)=N1. The van der Waals surface area contributed by atoms with E-state index in [2.05, 4.69) is 9.71 Å². The Balaban J connectivity index is 2.04. The Hall–Kier alpha value is -2.42. The Labute approximate surface area is 170 Å². The fourth-order valence-electron chi connectivity index (χ4n) is 2.87. The van der Waals surface area contributed by atoms with Crippen LogP contribution in [0.2, 0.25) is 5.02 Å². The zero-order valence-corrected chi connectivity index (χ0v) is 17.4. The molecule has 2 aromatic carbocycles. The first-order chi connectivity index (χ1) is 13.3. The third-order valence-electron chi connectivity index (χ3n) is 4.39. The highest BCUT2D eigenvalue weighted by Gasteiger charge is 2.32. The van der Waals surface area contributed by atoms with Crippen LogP contribution >= 0.6 is 11.6 Å². The minimum absolute atomic E-state index is 0.0389. The molecule has 0 saturated carbocycles. The average molecular weight is 420 g/mol. The van der Waals surface area contributed by atoms with E-state index in [1.165, 1.54) is 14.1 Å². The van der Waals surface area contributed by atoms with Gasteiger partial charge in [0.05, 0.1) is 12.3 Å². The Kier molecular flexibility index (Phi) is 6.02. The third kappa shape index (κ3) is 4.35. The van der Waals surface area contributed by atoms with Crippen molar-refractivity contribution in [3.63, 3.8) is 0 Å². The second kappa shape index (κ2) is 8.30. The number of rotatable bonds is 4. The number of hydrogen-bond acceptors (Lipinski definition) is 3. The van der Waals surface area contributed by atoms with Gasteiger partial charge < -0.3 is 5.32 Å². The number of hydrazone groups is 1. The summed E-state index contributed by atoms with van der Waals surface area (Å²) < 4.78 is 29.3. The van der Waals surface area contributed by atoms with Crippen LogP contribution in [0.15, 0.2) is 64.1 Å². The summed E-state index contributed by atoms with van der Waals surface area (Å²) in [4.78, 5) is 0. The van der Waals surface area contributed by atoms with E-state index in [4.69, 9.17) is 16.7 Å². The molecule has 0 bridgehead atoms. The topological polar surface area (TPSA) is 77.4 Å². The van der Waals surface area contributed by atoms with Crippen molar-refractivity contribution in [3.05, 3.63) is 70.7 Å². The molecule has 1 heterocycles. The molecular weight excluding hydrogens is 398 g/mol. The zero-order chi connectivity index (χ0) is 20.3. The van der Waals surface area contributed by atoms with Crippen LogP contribution < -0.4 is 5.32 Å². The van der Waals surface area contributed by atoms with Crippen LogP contribution in [0.25, 0.3) is 0 Å². The molecule has 0 aromatic heterocycles. The number of halogens is 1. The first-order valence-corrected chi connectivity index (χ1v) is 10.5. The first-order valence-electron chi connectivity index (χ1n) is 8.69. The van der Waals surface area contributed by atoms with E-state index in [-0.39, 0.29) is 11.9 Å². The van der Waals surface area contributed by atoms with Crippen molar-refractivity contribution in [2.45, 2.75) is 5.92 Å². The summed E-state index contributed by atoms with van der Waals surface area (Å²) in [7, 11) is 0.708. The van der Waals surface area contributed by atoms with Crippen molar-refractivity contribution < 1.29 is 8.42 Å². The van der Waals surface area contributed by atoms with Crippen molar-refractivity contribution in [1.29, 1.82) is 0 Å². The zero-order valence-electron chi connectivity index (χ0n) is 15.9. The highest BCUT2D eigenvalue weighted by molar-refractivity contribution is 7.87. The average Bonchev–Trinajstić information content (AvgIpc) is 3.12. The molecule has 0 aliphatic carbocycles. The predicted molar refractivity (Wildman–Crippen MR) is 113 cm³/mol. The Morgan fingerprint density at radius 1 is 1.18 bits per heavy atom. The van der Waals surface area contributed by atoms with E-state index in [0.717, 1.165) is 21.1 Å². The van der Waals surface area contributed by atoms with E-state index in [0.29, 0.717) is 11.6 Å². The van der Waals surface area contributed by atoms with Gasteiger partial charge in [-0.05, 0) is 23.3 Å². The summed E-state index contributed by atoms with van der Waals surface area (Å²) in [6.45, 7) is 0.463. The maximum atomic E-state index is 12.2. The summed E-state index contributed by atoms with van der Waals surface area (Å²) in [5.41, 5.74) is 2.84. The van der Waals surface area contributed by atoms with E-state index in [9.17, 15) is 8.42 Å². The van der Waals surface area contributed by atoms with Gasteiger partial charge in [-0.3, -0.25) is 0 Å². The van der Waals surface area contributed by atoms with E-state index < -0.39 is 10.2 Å². The van der Waals surface area contributed by atoms with Gasteiger partial charge in [-0.25, -0.2) is 5.01 Å². The molecule has 1 aliphatic rings. The maximum absolute atomic E-state index is 12.2. The summed E-state index contributed by atoms with van der Waals surface area (Å²) in [6, 6.07) is 17.4. The van der Waals surface area contributed by atoms with Crippen LogP contribution in [0.3, 0.4) is 0 Å². The van der Waals surface area contributed by atoms with Gasteiger partial charge in [0.15, 0.2) is 0 Å². The standard InChI is InChI=1S/C19H22ClN5O2S/c1-21-19(23-28(26,27)24(2)3)25-13-17(14-7-5-4-6-8-14)18(22-25)15-9-11-16(20)12-10-15/h4-12,17H,13H2,1-3H3,(H,21,23)/t17-/m1/s1. The molecule has 9 heteroatoms. The van der Waals surface area contributed by atoms with E-state index in [1.807, 2.05) is 54.6 Å². The van der Waals surface area contributed by atoms with Crippen molar-refractivity contribution in [1.82, 2.24) is 14.6 Å². The highest BCUT2D eigenvalue weighted by Crippen LogP contribution is 2.29. The Morgan fingerprint density at radius 2 is 1.82 bits per heavy atom. The molecule has 7 nitrogen and oxygen atoms in total. The summed E-state index contributed by atoms with van der Waals surface area (Å²) in [6.07, 6.45) is 0. The van der Waals surface area contributed by atoms with Crippen molar-refractivity contribution in [3.8, 4) is 0 Å². The lowest BCUT2D eigenvalue weighted by Gasteiger charge is -2.18. The van der Waals surface area contributed by atoms with Crippen LogP contribution in [0.4, 0.5) is 0 Å². The van der Waals surface area contributed by atoms with Crippen molar-refractivity contribution in [2.24, 2.45) is 9.50 Å². The molecule has 1 N–H and O–H groups in total. The predicted octanol–water partition coefficient (Wildman–Crippen LogP) is 2.53. The molecule has 1 atom stereocenters. The Bertz CT molecular complexity index is 989. The number of hydrogen-bond donors (Lipinski definition) is 1. The lowest BCUT2D eigenvalue weighted by molar-refractivity contribution is 0.458. The molecular formula is C19H22ClN5O2S. The second-order valence-corrected chi connectivity index (χ2v) is 8.71. The molecule has 0 spiro atoms. The normalized spacial score (nSPS) is 17.8. The van der Waals surface area contributed by atoms with E-state index in [1.54, 1.807) is 12.1 Å². The van der Waals surface area contributed by atoms with Gasteiger partial charge in [-0.1, -0.05) is 54.1 Å². The van der Waals surface area contributed by atoms with Gasteiger partial charge >= 0.3 is 10.2 Å². The molecule has 2 aromatic rings. The summed E-state index contributed by atoms with van der Waals surface area (Å²) >= 11 is 6.02. The molecule has 0 saturated heterocycles.